The number of hydrogen-bond acceptors (Lipinski definition) is 5. The van der Waals surface area contributed by atoms with Crippen molar-refractivity contribution >= 4 is 29.1 Å². The minimum absolute atomic E-state index is 0.0237. The monoisotopic (exact) mass is 649 g/mol. The van der Waals surface area contributed by atoms with Crippen LogP contribution < -0.4 is 0 Å². The van der Waals surface area contributed by atoms with Crippen molar-refractivity contribution in [3.63, 3.8) is 0 Å². The average molecular weight is 650 g/mol. The fourth-order valence-electron chi connectivity index (χ4n) is 5.37. The van der Waals surface area contributed by atoms with Crippen LogP contribution in [0.25, 0.3) is 0 Å². The Labute approximate surface area is 253 Å². The molecule has 3 aromatic rings. The Morgan fingerprint density at radius 3 is 2.16 bits per heavy atom. The lowest BCUT2D eigenvalue weighted by Crippen LogP contribution is -2.39. The molecule has 232 valence electrons. The van der Waals surface area contributed by atoms with Gasteiger partial charge in [0.25, 0.3) is 0 Å². The lowest BCUT2D eigenvalue weighted by atomic mass is 10.0. The van der Waals surface area contributed by atoms with E-state index >= 15 is 0 Å². The Morgan fingerprint density at radius 2 is 1.53 bits per heavy atom. The van der Waals surface area contributed by atoms with Crippen LogP contribution in [0.4, 0.5) is 26.3 Å². The van der Waals surface area contributed by atoms with E-state index in [1.54, 1.807) is 22.8 Å². The summed E-state index contributed by atoms with van der Waals surface area (Å²) in [5.41, 5.74) is -2.50. The fourth-order valence-corrected chi connectivity index (χ4v) is 5.69. The second kappa shape index (κ2) is 12.6. The van der Waals surface area contributed by atoms with Crippen LogP contribution in [-0.2, 0) is 47.7 Å². The zero-order valence-corrected chi connectivity index (χ0v) is 24.2. The van der Waals surface area contributed by atoms with E-state index < -0.39 is 42.0 Å². The number of carbonyl (C=O) groups excluding carboxylic acids is 1. The second-order valence-corrected chi connectivity index (χ2v) is 11.3. The first-order valence-electron chi connectivity index (χ1n) is 13.5. The first kappa shape index (κ1) is 31.6. The molecule has 1 unspecified atom stereocenters. The molecule has 2 aliphatic rings. The molecule has 5 rings (SSSR count). The molecule has 15 heteroatoms. The van der Waals surface area contributed by atoms with E-state index in [9.17, 15) is 31.1 Å². The number of nitrogens with zero attached hydrogens (tertiary/aromatic N) is 5. The van der Waals surface area contributed by atoms with Crippen LogP contribution in [-0.4, -0.2) is 69.9 Å². The van der Waals surface area contributed by atoms with Gasteiger partial charge in [-0.1, -0.05) is 29.3 Å². The van der Waals surface area contributed by atoms with Crippen LogP contribution in [0.5, 0.6) is 0 Å². The molecule has 1 saturated heterocycles. The number of carbonyl (C=O) groups is 1. The predicted octanol–water partition coefficient (Wildman–Crippen LogP) is 5.87. The Bertz CT molecular complexity index is 1440. The van der Waals surface area contributed by atoms with Gasteiger partial charge in [0, 0.05) is 52.0 Å². The number of alkyl halides is 6. The van der Waals surface area contributed by atoms with Crippen LogP contribution in [0.2, 0.25) is 10.0 Å². The van der Waals surface area contributed by atoms with Crippen molar-refractivity contribution < 1.29 is 35.9 Å². The number of ether oxygens (including phenoxy) is 1. The molecule has 0 bridgehead atoms. The number of benzene rings is 2. The highest BCUT2D eigenvalue weighted by Crippen LogP contribution is 2.37. The minimum atomic E-state index is -5.00. The van der Waals surface area contributed by atoms with E-state index in [4.69, 9.17) is 27.9 Å². The summed E-state index contributed by atoms with van der Waals surface area (Å²) in [6.45, 7) is 2.92. The maximum Gasteiger partial charge on any atom is 0.416 e. The van der Waals surface area contributed by atoms with Crippen molar-refractivity contribution in [2.24, 2.45) is 0 Å². The lowest BCUT2D eigenvalue weighted by Gasteiger charge is -2.28. The molecule has 0 radical (unpaired) electrons. The summed E-state index contributed by atoms with van der Waals surface area (Å²) in [6.07, 6.45) is -9.20. The summed E-state index contributed by atoms with van der Waals surface area (Å²) in [5, 5.41) is 9.27. The van der Waals surface area contributed by atoms with E-state index in [-0.39, 0.29) is 36.0 Å². The molecular weight excluding hydrogens is 623 g/mol. The van der Waals surface area contributed by atoms with Gasteiger partial charge in [-0.25, -0.2) is 0 Å². The van der Waals surface area contributed by atoms with Gasteiger partial charge in [-0.3, -0.25) is 9.69 Å². The molecule has 7 nitrogen and oxygen atoms in total. The third-order valence-corrected chi connectivity index (χ3v) is 8.28. The first-order valence-corrected chi connectivity index (χ1v) is 14.3. The summed E-state index contributed by atoms with van der Waals surface area (Å²) in [6, 6.07) is 5.36. The minimum Gasteiger partial charge on any atom is -0.379 e. The lowest BCUT2D eigenvalue weighted by molar-refractivity contribution is -0.143. The second-order valence-electron chi connectivity index (χ2n) is 10.5. The molecule has 43 heavy (non-hydrogen) atoms. The van der Waals surface area contributed by atoms with Gasteiger partial charge in [0.2, 0.25) is 5.91 Å². The molecule has 0 spiro atoms. The van der Waals surface area contributed by atoms with Gasteiger partial charge in [-0.05, 0) is 41.5 Å². The van der Waals surface area contributed by atoms with E-state index in [1.165, 1.54) is 4.90 Å². The van der Waals surface area contributed by atoms with Crippen LogP contribution in [0.1, 0.15) is 39.9 Å². The highest BCUT2D eigenvalue weighted by Gasteiger charge is 2.38. The van der Waals surface area contributed by atoms with Crippen molar-refractivity contribution in [2.45, 2.75) is 44.2 Å². The molecule has 2 aromatic carbocycles. The summed E-state index contributed by atoms with van der Waals surface area (Å²) in [5.74, 6) is 0.571. The third-order valence-electron chi connectivity index (χ3n) is 7.54. The van der Waals surface area contributed by atoms with Gasteiger partial charge >= 0.3 is 12.4 Å². The molecule has 1 atom stereocenters. The number of hydrogen-bond donors (Lipinski definition) is 0. The number of halogens is 8. The molecule has 2 aliphatic heterocycles. The van der Waals surface area contributed by atoms with Crippen molar-refractivity contribution in [3.8, 4) is 0 Å². The largest absolute Gasteiger partial charge is 0.416 e. The zero-order chi connectivity index (χ0) is 30.9. The van der Waals surface area contributed by atoms with Crippen LogP contribution >= 0.6 is 23.2 Å². The van der Waals surface area contributed by atoms with E-state index in [0.717, 1.165) is 13.1 Å². The van der Waals surface area contributed by atoms with E-state index in [1.807, 2.05) is 0 Å². The Kier molecular flexibility index (Phi) is 9.26. The summed E-state index contributed by atoms with van der Waals surface area (Å²) in [4.78, 5) is 17.6. The fraction of sp³-hybridized carbons (Fsp3) is 0.464. The Hall–Kier alpha value is -2.87. The highest BCUT2D eigenvalue weighted by molar-refractivity contribution is 6.42. The molecule has 3 heterocycles. The van der Waals surface area contributed by atoms with Gasteiger partial charge in [0.1, 0.15) is 17.7 Å². The van der Waals surface area contributed by atoms with Gasteiger partial charge in [0.15, 0.2) is 0 Å². The van der Waals surface area contributed by atoms with Crippen LogP contribution in [0, 0.1) is 0 Å². The summed E-state index contributed by atoms with van der Waals surface area (Å²) in [7, 11) is 0. The summed E-state index contributed by atoms with van der Waals surface area (Å²) < 4.78 is 88.2. The number of morpholine rings is 1. The van der Waals surface area contributed by atoms with Gasteiger partial charge in [-0.15, -0.1) is 10.2 Å². The van der Waals surface area contributed by atoms with E-state index in [2.05, 4.69) is 15.1 Å². The topological polar surface area (TPSA) is 63.5 Å². The van der Waals surface area contributed by atoms with Gasteiger partial charge in [-0.2, -0.15) is 26.3 Å². The number of fused-ring (bicyclic) bond motifs is 1. The molecule has 0 saturated carbocycles. The quantitative estimate of drug-likeness (QED) is 0.300. The molecule has 0 aliphatic carbocycles. The number of aromatic nitrogens is 3. The van der Waals surface area contributed by atoms with Crippen molar-refractivity contribution in [3.05, 3.63) is 80.3 Å². The van der Waals surface area contributed by atoms with Crippen LogP contribution in [0.15, 0.2) is 36.4 Å². The SMILES string of the molecule is O=C1C(Cc2ccc(Cl)c(Cl)c2)n2c(CCN3CCOCC3)nnc2CCN1Cc1cc(C(F)(F)F)cc(C(F)(F)F)c1. The van der Waals surface area contributed by atoms with Gasteiger partial charge < -0.3 is 14.2 Å². The standard InChI is InChI=1S/C28H27Cl2F6N5O2/c29-21-2-1-17(13-22(21)30)14-23-26(42)40(16-18-11-19(27(31,32)33)15-20(12-18)28(34,35)36)6-4-25-38-37-24(41(23)25)3-5-39-7-9-43-10-8-39/h1-2,11-13,15,23H,3-10,14,16H2. The maximum absolute atomic E-state index is 14.1. The average Bonchev–Trinajstić information content (AvgIpc) is 3.31. The smallest absolute Gasteiger partial charge is 0.379 e. The van der Waals surface area contributed by atoms with Crippen molar-refractivity contribution in [1.82, 2.24) is 24.6 Å². The first-order chi connectivity index (χ1) is 20.3. The molecule has 0 N–H and O–H groups in total. The van der Waals surface area contributed by atoms with Gasteiger partial charge in [0.05, 0.1) is 34.4 Å². The van der Waals surface area contributed by atoms with Crippen molar-refractivity contribution in [1.29, 1.82) is 0 Å². The predicted molar refractivity (Wildman–Crippen MR) is 146 cm³/mol. The number of amides is 1. The number of rotatable bonds is 7. The Morgan fingerprint density at radius 1 is 0.860 bits per heavy atom. The Balaban J connectivity index is 1.48. The maximum atomic E-state index is 14.1. The third kappa shape index (κ3) is 7.44. The zero-order valence-electron chi connectivity index (χ0n) is 22.7. The molecule has 1 fully saturated rings. The molecule has 1 aromatic heterocycles. The highest BCUT2D eigenvalue weighted by atomic mass is 35.5. The van der Waals surface area contributed by atoms with Crippen LogP contribution in [0.3, 0.4) is 0 Å². The summed E-state index contributed by atoms with van der Waals surface area (Å²) >= 11 is 12.3. The van der Waals surface area contributed by atoms with Crippen molar-refractivity contribution in [2.75, 3.05) is 39.4 Å². The van der Waals surface area contributed by atoms with E-state index in [0.29, 0.717) is 60.5 Å². The molecular formula is C28H27Cl2F6N5O2. The molecule has 1 amide bonds. The normalized spacial score (nSPS) is 18.6.